The minimum atomic E-state index is -1.07. The molecular weight excluding hydrogens is 342 g/mol. The molecule has 2 aromatic rings. The van der Waals surface area contributed by atoms with Crippen molar-refractivity contribution in [2.45, 2.75) is 39.0 Å². The third-order valence-electron chi connectivity index (χ3n) is 4.06. The number of rotatable bonds is 9. The standard InChI is InChI=1S/C20H22F2O4/c1-2-3-4-5-6-13-9-15(19(24)11-18(13)23)20(25)12-26-14-7-8-16(21)17(22)10-14/h7-11,23-24H,2-6,12H2,1H3. The molecule has 0 bridgehead atoms. The predicted molar refractivity (Wildman–Crippen MR) is 93.8 cm³/mol. The van der Waals surface area contributed by atoms with E-state index in [4.69, 9.17) is 4.74 Å². The Morgan fingerprint density at radius 2 is 1.77 bits per heavy atom. The second-order valence-corrected chi connectivity index (χ2v) is 6.10. The van der Waals surface area contributed by atoms with Crippen molar-refractivity contribution < 1.29 is 28.5 Å². The number of ether oxygens (including phenoxy) is 1. The molecule has 0 unspecified atom stereocenters. The van der Waals surface area contributed by atoms with E-state index in [2.05, 4.69) is 6.92 Å². The molecule has 0 amide bonds. The molecule has 0 aromatic heterocycles. The first-order valence-electron chi connectivity index (χ1n) is 8.58. The van der Waals surface area contributed by atoms with Gasteiger partial charge in [0.25, 0.3) is 0 Å². The number of aromatic hydroxyl groups is 2. The maximum atomic E-state index is 13.2. The number of hydrogen-bond acceptors (Lipinski definition) is 4. The van der Waals surface area contributed by atoms with Crippen LogP contribution in [0.4, 0.5) is 8.78 Å². The Hall–Kier alpha value is -2.63. The molecule has 0 aliphatic carbocycles. The minimum absolute atomic E-state index is 0.00954. The first-order chi connectivity index (χ1) is 12.4. The molecule has 4 nitrogen and oxygen atoms in total. The van der Waals surface area contributed by atoms with Crippen molar-refractivity contribution in [3.05, 3.63) is 53.1 Å². The molecule has 0 atom stereocenters. The smallest absolute Gasteiger partial charge is 0.203 e. The van der Waals surface area contributed by atoms with Crippen LogP contribution in [0, 0.1) is 11.6 Å². The van der Waals surface area contributed by atoms with Crippen molar-refractivity contribution in [3.8, 4) is 17.2 Å². The van der Waals surface area contributed by atoms with Gasteiger partial charge in [-0.15, -0.1) is 0 Å². The quantitative estimate of drug-likeness (QED) is 0.497. The van der Waals surface area contributed by atoms with Crippen LogP contribution in [-0.4, -0.2) is 22.6 Å². The van der Waals surface area contributed by atoms with Crippen LogP contribution in [0.25, 0.3) is 0 Å². The lowest BCUT2D eigenvalue weighted by molar-refractivity contribution is 0.0918. The van der Waals surface area contributed by atoms with E-state index in [1.54, 1.807) is 0 Å². The van der Waals surface area contributed by atoms with Gasteiger partial charge in [0.2, 0.25) is 5.78 Å². The van der Waals surface area contributed by atoms with Crippen molar-refractivity contribution in [2.24, 2.45) is 0 Å². The summed E-state index contributed by atoms with van der Waals surface area (Å²) < 4.78 is 31.2. The van der Waals surface area contributed by atoms with Gasteiger partial charge in [-0.05, 0) is 36.6 Å². The topological polar surface area (TPSA) is 66.8 Å². The normalized spacial score (nSPS) is 10.7. The summed E-state index contributed by atoms with van der Waals surface area (Å²) in [6.07, 6.45) is 4.65. The van der Waals surface area contributed by atoms with Crippen LogP contribution in [0.5, 0.6) is 17.2 Å². The SMILES string of the molecule is CCCCCCc1cc(C(=O)COc2ccc(F)c(F)c2)c(O)cc1O. The molecule has 2 rings (SSSR count). The number of phenols is 2. The molecule has 0 heterocycles. The monoisotopic (exact) mass is 364 g/mol. The maximum Gasteiger partial charge on any atom is 0.203 e. The Bertz CT molecular complexity index is 775. The number of phenolic OH excluding ortho intramolecular Hbond substituents is 2. The van der Waals surface area contributed by atoms with Crippen molar-refractivity contribution in [1.29, 1.82) is 0 Å². The number of Topliss-reactive ketones (excluding diaryl/α,β-unsaturated/α-hetero) is 1. The molecule has 6 heteroatoms. The largest absolute Gasteiger partial charge is 0.508 e. The summed E-state index contributed by atoms with van der Waals surface area (Å²) in [7, 11) is 0. The van der Waals surface area contributed by atoms with Gasteiger partial charge in [0.1, 0.15) is 17.2 Å². The molecule has 0 saturated carbocycles. The van der Waals surface area contributed by atoms with E-state index in [1.165, 1.54) is 12.1 Å². The molecule has 0 aliphatic rings. The van der Waals surface area contributed by atoms with Gasteiger partial charge in [-0.25, -0.2) is 8.78 Å². The number of unbranched alkanes of at least 4 members (excludes halogenated alkanes) is 3. The molecule has 0 spiro atoms. The first-order valence-corrected chi connectivity index (χ1v) is 8.58. The fourth-order valence-corrected chi connectivity index (χ4v) is 2.58. The van der Waals surface area contributed by atoms with Crippen LogP contribution in [0.2, 0.25) is 0 Å². The number of carbonyl (C=O) groups is 1. The summed E-state index contributed by atoms with van der Waals surface area (Å²) in [6.45, 7) is 1.65. The van der Waals surface area contributed by atoms with E-state index in [-0.39, 0.29) is 22.8 Å². The Morgan fingerprint density at radius 1 is 1.00 bits per heavy atom. The Labute approximate surface area is 151 Å². The average Bonchev–Trinajstić information content (AvgIpc) is 2.61. The van der Waals surface area contributed by atoms with E-state index in [1.807, 2.05) is 0 Å². The molecule has 26 heavy (non-hydrogen) atoms. The summed E-state index contributed by atoms with van der Waals surface area (Å²) in [6, 6.07) is 5.55. The predicted octanol–water partition coefficient (Wildman–Crippen LogP) is 4.76. The number of halogens is 2. The van der Waals surface area contributed by atoms with Gasteiger partial charge >= 0.3 is 0 Å². The first kappa shape index (κ1) is 19.7. The summed E-state index contributed by atoms with van der Waals surface area (Å²) in [5.41, 5.74) is 0.603. The van der Waals surface area contributed by atoms with E-state index in [9.17, 15) is 23.8 Å². The molecule has 0 saturated heterocycles. The highest BCUT2D eigenvalue weighted by molar-refractivity contribution is 6.00. The van der Waals surface area contributed by atoms with Gasteiger partial charge in [0.05, 0.1) is 5.56 Å². The van der Waals surface area contributed by atoms with Gasteiger partial charge in [-0.1, -0.05) is 26.2 Å². The Kier molecular flexibility index (Phi) is 6.95. The van der Waals surface area contributed by atoms with Crippen LogP contribution in [0.15, 0.2) is 30.3 Å². The molecule has 0 radical (unpaired) electrons. The molecule has 2 aromatic carbocycles. The van der Waals surface area contributed by atoms with E-state index >= 15 is 0 Å². The summed E-state index contributed by atoms with van der Waals surface area (Å²) in [5.74, 6) is -3.00. The highest BCUT2D eigenvalue weighted by Crippen LogP contribution is 2.29. The molecule has 2 N–H and O–H groups in total. The van der Waals surface area contributed by atoms with Gasteiger partial charge in [0, 0.05) is 12.1 Å². The van der Waals surface area contributed by atoms with E-state index in [0.717, 1.165) is 43.9 Å². The number of ketones is 1. The van der Waals surface area contributed by atoms with E-state index < -0.39 is 24.0 Å². The zero-order valence-corrected chi connectivity index (χ0v) is 14.6. The molecular formula is C20H22F2O4. The van der Waals surface area contributed by atoms with Crippen molar-refractivity contribution in [2.75, 3.05) is 6.61 Å². The van der Waals surface area contributed by atoms with Crippen LogP contribution in [-0.2, 0) is 6.42 Å². The zero-order valence-electron chi connectivity index (χ0n) is 14.6. The highest BCUT2D eigenvalue weighted by atomic mass is 19.2. The minimum Gasteiger partial charge on any atom is -0.508 e. The number of aryl methyl sites for hydroxylation is 1. The average molecular weight is 364 g/mol. The van der Waals surface area contributed by atoms with Gasteiger partial charge < -0.3 is 14.9 Å². The van der Waals surface area contributed by atoms with Crippen molar-refractivity contribution in [1.82, 2.24) is 0 Å². The van der Waals surface area contributed by atoms with Gasteiger partial charge in [0.15, 0.2) is 18.2 Å². The zero-order chi connectivity index (χ0) is 19.1. The molecule has 0 aliphatic heterocycles. The van der Waals surface area contributed by atoms with Gasteiger partial charge in [-0.2, -0.15) is 0 Å². The van der Waals surface area contributed by atoms with Gasteiger partial charge in [-0.3, -0.25) is 4.79 Å². The Morgan fingerprint density at radius 3 is 2.46 bits per heavy atom. The van der Waals surface area contributed by atoms with Crippen LogP contribution in [0.3, 0.4) is 0 Å². The second kappa shape index (κ2) is 9.17. The summed E-state index contributed by atoms with van der Waals surface area (Å²) >= 11 is 0. The lowest BCUT2D eigenvalue weighted by Gasteiger charge is -2.11. The fourth-order valence-electron chi connectivity index (χ4n) is 2.58. The van der Waals surface area contributed by atoms with E-state index in [0.29, 0.717) is 12.0 Å². The number of hydrogen-bond donors (Lipinski definition) is 2. The van der Waals surface area contributed by atoms with Crippen molar-refractivity contribution >= 4 is 5.78 Å². The lowest BCUT2D eigenvalue weighted by Crippen LogP contribution is -2.12. The molecule has 140 valence electrons. The summed E-state index contributed by atoms with van der Waals surface area (Å²) in [5, 5.41) is 19.9. The third-order valence-corrected chi connectivity index (χ3v) is 4.06. The maximum absolute atomic E-state index is 13.2. The third kappa shape index (κ3) is 5.18. The van der Waals surface area contributed by atoms with Crippen molar-refractivity contribution in [3.63, 3.8) is 0 Å². The van der Waals surface area contributed by atoms with Crippen LogP contribution in [0.1, 0.15) is 48.5 Å². The Balaban J connectivity index is 2.05. The number of benzene rings is 2. The van der Waals surface area contributed by atoms with Crippen LogP contribution >= 0.6 is 0 Å². The second-order valence-electron chi connectivity index (χ2n) is 6.10. The lowest BCUT2D eigenvalue weighted by atomic mass is 10.0. The summed E-state index contributed by atoms with van der Waals surface area (Å²) in [4.78, 5) is 12.3. The fraction of sp³-hybridized carbons (Fsp3) is 0.350. The van der Waals surface area contributed by atoms with Crippen LogP contribution < -0.4 is 4.74 Å². The number of carbonyl (C=O) groups excluding carboxylic acids is 1. The highest BCUT2D eigenvalue weighted by Gasteiger charge is 2.16. The molecule has 0 fully saturated rings.